The Bertz CT molecular complexity index is 376. The first-order chi connectivity index (χ1) is 8.06. The molecule has 17 heavy (non-hydrogen) atoms. The van der Waals surface area contributed by atoms with Crippen molar-refractivity contribution in [2.24, 2.45) is 10.2 Å². The molecule has 1 spiro atoms. The molecule has 1 saturated carbocycles. The fourth-order valence-corrected chi connectivity index (χ4v) is 2.19. The second-order valence-electron chi connectivity index (χ2n) is 4.70. The molecule has 94 valence electrons. The maximum absolute atomic E-state index is 11.8. The number of azo groups is 1. The van der Waals surface area contributed by atoms with Gasteiger partial charge >= 0.3 is 11.9 Å². The summed E-state index contributed by atoms with van der Waals surface area (Å²) in [6.45, 7) is 0. The van der Waals surface area contributed by atoms with Crippen LogP contribution in [-0.4, -0.2) is 37.2 Å². The van der Waals surface area contributed by atoms with Crippen LogP contribution >= 0.6 is 0 Å². The molecule has 0 aromatic heterocycles. The predicted octanol–water partition coefficient (Wildman–Crippen LogP) is 1.24. The first kappa shape index (κ1) is 12.0. The van der Waals surface area contributed by atoms with Crippen molar-refractivity contribution < 1.29 is 19.1 Å². The van der Waals surface area contributed by atoms with E-state index in [-0.39, 0.29) is 17.9 Å². The molecule has 1 aliphatic heterocycles. The minimum atomic E-state index is -0.973. The summed E-state index contributed by atoms with van der Waals surface area (Å²) < 4.78 is 9.35. The maximum Gasteiger partial charge on any atom is 0.335 e. The van der Waals surface area contributed by atoms with Crippen LogP contribution in [0.3, 0.4) is 0 Å². The molecular weight excluding hydrogens is 224 g/mol. The minimum Gasteiger partial charge on any atom is -0.469 e. The molecule has 1 atom stereocenters. The summed E-state index contributed by atoms with van der Waals surface area (Å²) in [5.41, 5.74) is -1.12. The number of ether oxygens (including phenoxy) is 2. The van der Waals surface area contributed by atoms with Crippen molar-refractivity contribution in [1.82, 2.24) is 0 Å². The number of rotatable bonds is 4. The van der Waals surface area contributed by atoms with Crippen molar-refractivity contribution in [2.75, 3.05) is 14.2 Å². The number of hydrogen-bond donors (Lipinski definition) is 0. The Kier molecular flexibility index (Phi) is 2.89. The maximum atomic E-state index is 11.8. The van der Waals surface area contributed by atoms with E-state index < -0.39 is 11.5 Å². The molecule has 6 nitrogen and oxygen atoms in total. The molecule has 2 aliphatic rings. The van der Waals surface area contributed by atoms with E-state index in [1.165, 1.54) is 14.2 Å². The molecule has 2 rings (SSSR count). The summed E-state index contributed by atoms with van der Waals surface area (Å²) in [6, 6.07) is 0. The van der Waals surface area contributed by atoms with Crippen LogP contribution in [0, 0.1) is 0 Å². The van der Waals surface area contributed by atoms with Crippen LogP contribution in [0.4, 0.5) is 0 Å². The number of nitrogens with zero attached hydrogens (tertiary/aromatic N) is 2. The molecule has 0 bridgehead atoms. The topological polar surface area (TPSA) is 77.3 Å². The largest absolute Gasteiger partial charge is 0.469 e. The summed E-state index contributed by atoms with van der Waals surface area (Å²) in [4.78, 5) is 23.0. The van der Waals surface area contributed by atoms with Gasteiger partial charge in [-0.3, -0.25) is 4.79 Å². The van der Waals surface area contributed by atoms with Gasteiger partial charge in [0.25, 0.3) is 0 Å². The van der Waals surface area contributed by atoms with Gasteiger partial charge in [0.15, 0.2) is 5.54 Å². The predicted molar refractivity (Wildman–Crippen MR) is 57.4 cm³/mol. The molecule has 0 N–H and O–H groups in total. The zero-order chi connectivity index (χ0) is 12.5. The van der Waals surface area contributed by atoms with E-state index in [4.69, 9.17) is 4.74 Å². The lowest BCUT2D eigenvalue weighted by atomic mass is 9.87. The Balaban J connectivity index is 2.07. The average molecular weight is 240 g/mol. The molecule has 6 heteroatoms. The molecule has 0 unspecified atom stereocenters. The molecule has 0 aromatic carbocycles. The second-order valence-corrected chi connectivity index (χ2v) is 4.70. The van der Waals surface area contributed by atoms with Crippen molar-refractivity contribution in [3.63, 3.8) is 0 Å². The van der Waals surface area contributed by atoms with Crippen LogP contribution < -0.4 is 0 Å². The lowest BCUT2D eigenvalue weighted by molar-refractivity contribution is -0.148. The SMILES string of the molecule is COC(=O)CC[C@]1(C(=O)OC)CC2(CC2)N=N1. The van der Waals surface area contributed by atoms with Gasteiger partial charge in [-0.15, -0.1) is 0 Å². The van der Waals surface area contributed by atoms with E-state index in [2.05, 4.69) is 15.0 Å². The van der Waals surface area contributed by atoms with Gasteiger partial charge in [-0.1, -0.05) is 0 Å². The molecule has 1 heterocycles. The third-order valence-corrected chi connectivity index (χ3v) is 3.44. The summed E-state index contributed by atoms with van der Waals surface area (Å²) >= 11 is 0. The van der Waals surface area contributed by atoms with Crippen LogP contribution in [0.25, 0.3) is 0 Å². The zero-order valence-electron chi connectivity index (χ0n) is 10.1. The Labute approximate surface area is 99.4 Å². The van der Waals surface area contributed by atoms with Gasteiger partial charge in [-0.2, -0.15) is 10.2 Å². The fourth-order valence-electron chi connectivity index (χ4n) is 2.19. The van der Waals surface area contributed by atoms with Crippen LogP contribution in [0.1, 0.15) is 32.1 Å². The molecule has 1 fully saturated rings. The summed E-state index contributed by atoms with van der Waals surface area (Å²) in [7, 11) is 2.65. The van der Waals surface area contributed by atoms with Crippen molar-refractivity contribution in [1.29, 1.82) is 0 Å². The number of methoxy groups -OCH3 is 2. The number of hydrogen-bond acceptors (Lipinski definition) is 6. The molecule has 0 aromatic rings. The molecule has 0 radical (unpaired) electrons. The normalized spacial score (nSPS) is 28.1. The summed E-state index contributed by atoms with van der Waals surface area (Å²) in [6.07, 6.45) is 2.95. The quantitative estimate of drug-likeness (QED) is 0.692. The van der Waals surface area contributed by atoms with Gasteiger partial charge in [-0.05, 0) is 19.3 Å². The van der Waals surface area contributed by atoms with E-state index in [0.717, 1.165) is 12.8 Å². The lowest BCUT2D eigenvalue weighted by Gasteiger charge is -2.21. The van der Waals surface area contributed by atoms with E-state index in [9.17, 15) is 9.59 Å². The first-order valence-corrected chi connectivity index (χ1v) is 5.65. The van der Waals surface area contributed by atoms with E-state index in [0.29, 0.717) is 12.8 Å². The lowest BCUT2D eigenvalue weighted by Crippen LogP contribution is -2.38. The molecule has 1 aliphatic carbocycles. The highest BCUT2D eigenvalue weighted by molar-refractivity contribution is 5.82. The Morgan fingerprint density at radius 3 is 2.35 bits per heavy atom. The first-order valence-electron chi connectivity index (χ1n) is 5.65. The van der Waals surface area contributed by atoms with Crippen molar-refractivity contribution >= 4 is 11.9 Å². The summed E-state index contributed by atoms with van der Waals surface area (Å²) in [5, 5.41) is 8.28. The third-order valence-electron chi connectivity index (χ3n) is 3.44. The van der Waals surface area contributed by atoms with Gasteiger partial charge in [-0.25, -0.2) is 4.79 Å². The molecular formula is C11H16N2O4. The van der Waals surface area contributed by atoms with Gasteiger partial charge < -0.3 is 9.47 Å². The van der Waals surface area contributed by atoms with Crippen molar-refractivity contribution in [3.05, 3.63) is 0 Å². The summed E-state index contributed by atoms with van der Waals surface area (Å²) in [5.74, 6) is -0.755. The van der Waals surface area contributed by atoms with Gasteiger partial charge in [0.05, 0.1) is 19.8 Å². The Morgan fingerprint density at radius 1 is 1.18 bits per heavy atom. The van der Waals surface area contributed by atoms with Gasteiger partial charge in [0.1, 0.15) is 0 Å². The van der Waals surface area contributed by atoms with Crippen molar-refractivity contribution in [2.45, 2.75) is 43.2 Å². The number of esters is 2. The van der Waals surface area contributed by atoms with E-state index in [1.807, 2.05) is 0 Å². The van der Waals surface area contributed by atoms with Crippen molar-refractivity contribution in [3.8, 4) is 0 Å². The standard InChI is InChI=1S/C11H16N2O4/c1-16-8(14)3-4-11(9(15)17-2)7-10(5-6-10)12-13-11/h3-7H2,1-2H3/t11-/m1/s1. The Hall–Kier alpha value is -1.46. The van der Waals surface area contributed by atoms with Crippen LogP contribution in [0.5, 0.6) is 0 Å². The fraction of sp³-hybridized carbons (Fsp3) is 0.818. The second kappa shape index (κ2) is 4.09. The highest BCUT2D eigenvalue weighted by atomic mass is 16.5. The van der Waals surface area contributed by atoms with Gasteiger partial charge in [0, 0.05) is 12.8 Å². The number of carbonyl (C=O) groups is 2. The highest BCUT2D eigenvalue weighted by Gasteiger charge is 2.58. The zero-order valence-corrected chi connectivity index (χ0v) is 10.1. The minimum absolute atomic E-state index is 0.149. The smallest absolute Gasteiger partial charge is 0.335 e. The van der Waals surface area contributed by atoms with Crippen LogP contribution in [0.2, 0.25) is 0 Å². The van der Waals surface area contributed by atoms with Crippen LogP contribution in [-0.2, 0) is 19.1 Å². The van der Waals surface area contributed by atoms with Gasteiger partial charge in [0.2, 0.25) is 0 Å². The molecule has 0 amide bonds. The van der Waals surface area contributed by atoms with E-state index in [1.54, 1.807) is 0 Å². The Morgan fingerprint density at radius 2 is 1.88 bits per heavy atom. The third kappa shape index (κ3) is 2.16. The molecule has 0 saturated heterocycles. The number of carbonyl (C=O) groups excluding carboxylic acids is 2. The van der Waals surface area contributed by atoms with E-state index >= 15 is 0 Å². The monoisotopic (exact) mass is 240 g/mol. The average Bonchev–Trinajstić information content (AvgIpc) is 2.99. The highest BCUT2D eigenvalue weighted by Crippen LogP contribution is 2.53. The van der Waals surface area contributed by atoms with Crippen LogP contribution in [0.15, 0.2) is 10.2 Å².